The van der Waals surface area contributed by atoms with Gasteiger partial charge in [-0.3, -0.25) is 9.67 Å². The Morgan fingerprint density at radius 2 is 2.03 bits per heavy atom. The van der Waals surface area contributed by atoms with Gasteiger partial charge in [-0.25, -0.2) is 4.98 Å². The van der Waals surface area contributed by atoms with Gasteiger partial charge < -0.3 is 14.8 Å². The van der Waals surface area contributed by atoms with Crippen LogP contribution in [0, 0.1) is 0 Å². The second-order valence-corrected chi connectivity index (χ2v) is 7.33. The molecule has 4 rings (SSSR count). The second kappa shape index (κ2) is 9.91. The molecule has 1 aliphatic rings. The second-order valence-electron chi connectivity index (χ2n) is 7.33. The molecular formula is C21H28IN7. The van der Waals surface area contributed by atoms with Crippen molar-refractivity contribution in [1.29, 1.82) is 0 Å². The maximum absolute atomic E-state index is 4.49. The number of halogens is 1. The standard InChI is InChI=1S/C21H27N7.HI/c1-22-21(28-9-7-19(15-28)20-12-25-26(2)14-20)24-11-17-3-5-18(6-4-17)13-27-10-8-23-16-27;/h3-6,8,10,12,14,16,19H,7,9,11,13,15H2,1-2H3,(H,22,24);1H. The normalized spacial score (nSPS) is 16.7. The number of hydrogen-bond donors (Lipinski definition) is 1. The highest BCUT2D eigenvalue weighted by Crippen LogP contribution is 2.26. The van der Waals surface area contributed by atoms with Gasteiger partial charge in [-0.2, -0.15) is 5.10 Å². The minimum atomic E-state index is 0. The number of hydrogen-bond acceptors (Lipinski definition) is 3. The third kappa shape index (κ3) is 5.37. The number of rotatable bonds is 5. The van der Waals surface area contributed by atoms with Gasteiger partial charge in [-0.15, -0.1) is 24.0 Å². The fourth-order valence-electron chi connectivity index (χ4n) is 3.74. The van der Waals surface area contributed by atoms with E-state index in [0.717, 1.165) is 38.6 Å². The molecule has 1 N–H and O–H groups in total. The van der Waals surface area contributed by atoms with Crippen molar-refractivity contribution in [2.45, 2.75) is 25.4 Å². The maximum Gasteiger partial charge on any atom is 0.193 e. The average Bonchev–Trinajstić information content (AvgIpc) is 3.46. The summed E-state index contributed by atoms with van der Waals surface area (Å²) in [7, 11) is 3.82. The number of aryl methyl sites for hydroxylation is 1. The Kier molecular flexibility index (Phi) is 7.29. The summed E-state index contributed by atoms with van der Waals surface area (Å²) in [6.45, 7) is 3.61. The summed E-state index contributed by atoms with van der Waals surface area (Å²) in [5.74, 6) is 1.49. The third-order valence-electron chi connectivity index (χ3n) is 5.29. The van der Waals surface area contributed by atoms with Gasteiger partial charge >= 0.3 is 0 Å². The first-order valence-corrected chi connectivity index (χ1v) is 9.69. The van der Waals surface area contributed by atoms with Crippen LogP contribution in [0.1, 0.15) is 29.0 Å². The van der Waals surface area contributed by atoms with Crippen LogP contribution in [0.4, 0.5) is 0 Å². The molecule has 3 aromatic rings. The molecular weight excluding hydrogens is 477 g/mol. The smallest absolute Gasteiger partial charge is 0.193 e. The quantitative estimate of drug-likeness (QED) is 0.329. The molecule has 1 fully saturated rings. The maximum atomic E-state index is 4.49. The highest BCUT2D eigenvalue weighted by atomic mass is 127. The van der Waals surface area contributed by atoms with Crippen molar-refractivity contribution in [3.05, 3.63) is 72.1 Å². The molecule has 1 saturated heterocycles. The molecule has 0 amide bonds. The first kappa shape index (κ1) is 21.4. The lowest BCUT2D eigenvalue weighted by molar-refractivity contribution is 0.486. The summed E-state index contributed by atoms with van der Waals surface area (Å²) in [6, 6.07) is 8.70. The lowest BCUT2D eigenvalue weighted by atomic mass is 10.0. The van der Waals surface area contributed by atoms with Crippen LogP contribution in [0.15, 0.2) is 60.4 Å². The Bertz CT molecular complexity index is 915. The van der Waals surface area contributed by atoms with Crippen LogP contribution in [-0.4, -0.2) is 50.3 Å². The number of nitrogens with one attached hydrogen (secondary N) is 1. The number of benzene rings is 1. The zero-order valence-electron chi connectivity index (χ0n) is 16.9. The lowest BCUT2D eigenvalue weighted by Gasteiger charge is -2.21. The van der Waals surface area contributed by atoms with Crippen LogP contribution in [-0.2, 0) is 20.1 Å². The summed E-state index contributed by atoms with van der Waals surface area (Å²) in [5, 5.41) is 7.81. The molecule has 1 aromatic carbocycles. The average molecular weight is 505 g/mol. The molecule has 0 spiro atoms. The highest BCUT2D eigenvalue weighted by Gasteiger charge is 2.26. The largest absolute Gasteiger partial charge is 0.352 e. The molecule has 8 heteroatoms. The molecule has 7 nitrogen and oxygen atoms in total. The van der Waals surface area contributed by atoms with Crippen LogP contribution in [0.5, 0.6) is 0 Å². The molecule has 0 bridgehead atoms. The zero-order valence-corrected chi connectivity index (χ0v) is 19.2. The zero-order chi connectivity index (χ0) is 19.3. The van der Waals surface area contributed by atoms with Crippen LogP contribution < -0.4 is 5.32 Å². The van der Waals surface area contributed by atoms with E-state index in [2.05, 4.69) is 60.3 Å². The first-order valence-electron chi connectivity index (χ1n) is 9.69. The molecule has 1 aliphatic heterocycles. The lowest BCUT2D eigenvalue weighted by Crippen LogP contribution is -2.39. The van der Waals surface area contributed by atoms with E-state index in [9.17, 15) is 0 Å². The van der Waals surface area contributed by atoms with Crippen molar-refractivity contribution >= 4 is 29.9 Å². The number of imidazole rings is 1. The van der Waals surface area contributed by atoms with Gasteiger partial charge in [0.1, 0.15) is 0 Å². The molecule has 0 saturated carbocycles. The first-order chi connectivity index (χ1) is 13.7. The van der Waals surface area contributed by atoms with E-state index in [1.807, 2.05) is 37.5 Å². The van der Waals surface area contributed by atoms with Crippen LogP contribution in [0.3, 0.4) is 0 Å². The Hall–Kier alpha value is -2.36. The molecule has 154 valence electrons. The summed E-state index contributed by atoms with van der Waals surface area (Å²) >= 11 is 0. The fraction of sp³-hybridized carbons (Fsp3) is 0.381. The van der Waals surface area contributed by atoms with E-state index in [1.165, 1.54) is 16.7 Å². The van der Waals surface area contributed by atoms with E-state index in [0.29, 0.717) is 5.92 Å². The van der Waals surface area contributed by atoms with E-state index >= 15 is 0 Å². The molecule has 0 radical (unpaired) electrons. The van der Waals surface area contributed by atoms with Gasteiger partial charge in [-0.1, -0.05) is 24.3 Å². The Morgan fingerprint density at radius 3 is 2.69 bits per heavy atom. The Balaban J connectivity index is 0.00000240. The minimum absolute atomic E-state index is 0. The van der Waals surface area contributed by atoms with Crippen molar-refractivity contribution in [3.63, 3.8) is 0 Å². The summed E-state index contributed by atoms with van der Waals surface area (Å²) in [5.41, 5.74) is 3.83. The summed E-state index contributed by atoms with van der Waals surface area (Å²) in [6.07, 6.45) is 10.9. The minimum Gasteiger partial charge on any atom is -0.352 e. The molecule has 3 heterocycles. The van der Waals surface area contributed by atoms with E-state index in [4.69, 9.17) is 0 Å². The van der Waals surface area contributed by atoms with Crippen LogP contribution >= 0.6 is 24.0 Å². The Labute approximate surface area is 188 Å². The van der Waals surface area contributed by atoms with E-state index < -0.39 is 0 Å². The van der Waals surface area contributed by atoms with Crippen molar-refractivity contribution in [3.8, 4) is 0 Å². The Morgan fingerprint density at radius 1 is 1.24 bits per heavy atom. The number of likely N-dealkylation sites (tertiary alicyclic amines) is 1. The number of guanidine groups is 1. The third-order valence-corrected chi connectivity index (χ3v) is 5.29. The monoisotopic (exact) mass is 505 g/mol. The van der Waals surface area contributed by atoms with Gasteiger partial charge in [0.2, 0.25) is 0 Å². The van der Waals surface area contributed by atoms with E-state index in [-0.39, 0.29) is 24.0 Å². The molecule has 2 aromatic heterocycles. The van der Waals surface area contributed by atoms with Crippen molar-refractivity contribution in [2.24, 2.45) is 12.0 Å². The predicted octanol–water partition coefficient (Wildman–Crippen LogP) is 2.85. The fourth-order valence-corrected chi connectivity index (χ4v) is 3.74. The molecule has 1 unspecified atom stereocenters. The highest BCUT2D eigenvalue weighted by molar-refractivity contribution is 14.0. The summed E-state index contributed by atoms with van der Waals surface area (Å²) < 4.78 is 3.95. The number of aliphatic imine (C=N–C) groups is 1. The number of nitrogens with zero attached hydrogens (tertiary/aromatic N) is 6. The van der Waals surface area contributed by atoms with Crippen LogP contribution in [0.2, 0.25) is 0 Å². The summed E-state index contributed by atoms with van der Waals surface area (Å²) in [4.78, 5) is 10.9. The van der Waals surface area contributed by atoms with Gasteiger partial charge in [0.05, 0.1) is 12.5 Å². The molecule has 29 heavy (non-hydrogen) atoms. The molecule has 1 atom stereocenters. The van der Waals surface area contributed by atoms with Gasteiger partial charge in [0.25, 0.3) is 0 Å². The van der Waals surface area contributed by atoms with Gasteiger partial charge in [0.15, 0.2) is 5.96 Å². The van der Waals surface area contributed by atoms with E-state index in [1.54, 1.807) is 6.20 Å². The van der Waals surface area contributed by atoms with Gasteiger partial charge in [-0.05, 0) is 23.1 Å². The molecule has 0 aliphatic carbocycles. The predicted molar refractivity (Wildman–Crippen MR) is 126 cm³/mol. The van der Waals surface area contributed by atoms with Crippen LogP contribution in [0.25, 0.3) is 0 Å². The van der Waals surface area contributed by atoms with Crippen molar-refractivity contribution in [1.82, 2.24) is 29.5 Å². The topological polar surface area (TPSA) is 63.3 Å². The van der Waals surface area contributed by atoms with Crippen molar-refractivity contribution < 1.29 is 0 Å². The SMILES string of the molecule is CN=C(NCc1ccc(Cn2ccnc2)cc1)N1CCC(c2cnn(C)c2)C1.I. The van der Waals surface area contributed by atoms with Crippen molar-refractivity contribution in [2.75, 3.05) is 20.1 Å². The number of aromatic nitrogens is 4. The van der Waals surface area contributed by atoms with Gasteiger partial charge in [0, 0.05) is 64.8 Å².